The molecule has 3 rings (SSSR count). The molecule has 2 heterocycles. The summed E-state index contributed by atoms with van der Waals surface area (Å²) in [6.45, 7) is 3.09. The third kappa shape index (κ3) is 3.14. The SMILES string of the molecule is CC1CC(NC(=O)c2cc3ccccc3o2)CCN1.Cl. The van der Waals surface area contributed by atoms with E-state index in [9.17, 15) is 4.79 Å². The highest BCUT2D eigenvalue weighted by molar-refractivity contribution is 5.96. The highest BCUT2D eigenvalue weighted by Crippen LogP contribution is 2.19. The molecule has 0 saturated carbocycles. The van der Waals surface area contributed by atoms with Crippen LogP contribution in [0.4, 0.5) is 0 Å². The number of furan rings is 1. The van der Waals surface area contributed by atoms with Gasteiger partial charge in [-0.3, -0.25) is 4.79 Å². The summed E-state index contributed by atoms with van der Waals surface area (Å²) in [7, 11) is 0. The Bertz CT molecular complexity index is 563. The van der Waals surface area contributed by atoms with E-state index in [0.29, 0.717) is 11.8 Å². The molecule has 0 aliphatic carbocycles. The van der Waals surface area contributed by atoms with Gasteiger partial charge in [0.25, 0.3) is 5.91 Å². The smallest absolute Gasteiger partial charge is 0.287 e. The van der Waals surface area contributed by atoms with Gasteiger partial charge in [0.05, 0.1) is 0 Å². The van der Waals surface area contributed by atoms with Crippen molar-refractivity contribution in [2.75, 3.05) is 6.54 Å². The van der Waals surface area contributed by atoms with Crippen LogP contribution in [0, 0.1) is 0 Å². The van der Waals surface area contributed by atoms with Crippen molar-refractivity contribution < 1.29 is 9.21 Å². The van der Waals surface area contributed by atoms with Crippen molar-refractivity contribution >= 4 is 29.3 Å². The first-order valence-electron chi connectivity index (χ1n) is 6.75. The summed E-state index contributed by atoms with van der Waals surface area (Å²) in [5, 5.41) is 7.39. The molecule has 0 radical (unpaired) electrons. The number of fused-ring (bicyclic) bond motifs is 1. The second-order valence-corrected chi connectivity index (χ2v) is 5.20. The first-order valence-corrected chi connectivity index (χ1v) is 6.75. The standard InChI is InChI=1S/C15H18N2O2.ClH/c1-10-8-12(6-7-16-10)17-15(18)14-9-11-4-2-3-5-13(11)19-14;/h2-5,9-10,12,16H,6-8H2,1H3,(H,17,18);1H. The molecule has 1 aliphatic rings. The lowest BCUT2D eigenvalue weighted by Gasteiger charge is -2.28. The molecule has 1 aromatic carbocycles. The monoisotopic (exact) mass is 294 g/mol. The fraction of sp³-hybridized carbons (Fsp3) is 0.400. The van der Waals surface area contributed by atoms with E-state index in [2.05, 4.69) is 17.6 Å². The van der Waals surface area contributed by atoms with E-state index in [-0.39, 0.29) is 24.4 Å². The highest BCUT2D eigenvalue weighted by Gasteiger charge is 2.21. The second-order valence-electron chi connectivity index (χ2n) is 5.20. The third-order valence-electron chi connectivity index (χ3n) is 3.61. The molecule has 108 valence electrons. The van der Waals surface area contributed by atoms with Gasteiger partial charge in [0.1, 0.15) is 5.58 Å². The minimum atomic E-state index is -0.115. The van der Waals surface area contributed by atoms with Crippen LogP contribution in [0.3, 0.4) is 0 Å². The largest absolute Gasteiger partial charge is 0.451 e. The Hall–Kier alpha value is -1.52. The van der Waals surface area contributed by atoms with Gasteiger partial charge in [-0.25, -0.2) is 0 Å². The van der Waals surface area contributed by atoms with E-state index in [1.807, 2.05) is 24.3 Å². The van der Waals surface area contributed by atoms with Gasteiger partial charge < -0.3 is 15.1 Å². The molecule has 2 aromatic rings. The Labute approximate surface area is 124 Å². The maximum Gasteiger partial charge on any atom is 0.287 e. The van der Waals surface area contributed by atoms with Crippen molar-refractivity contribution in [2.45, 2.75) is 31.8 Å². The number of benzene rings is 1. The summed E-state index contributed by atoms with van der Waals surface area (Å²) in [6.07, 6.45) is 1.93. The van der Waals surface area contributed by atoms with Crippen LogP contribution in [0.2, 0.25) is 0 Å². The zero-order valence-electron chi connectivity index (χ0n) is 11.4. The molecule has 2 unspecified atom stereocenters. The highest BCUT2D eigenvalue weighted by atomic mass is 35.5. The van der Waals surface area contributed by atoms with Gasteiger partial charge in [0.2, 0.25) is 0 Å². The van der Waals surface area contributed by atoms with Crippen molar-refractivity contribution in [1.29, 1.82) is 0 Å². The van der Waals surface area contributed by atoms with Crippen molar-refractivity contribution in [2.24, 2.45) is 0 Å². The molecule has 0 bridgehead atoms. The number of piperidine rings is 1. The van der Waals surface area contributed by atoms with Crippen LogP contribution < -0.4 is 10.6 Å². The molecule has 1 aliphatic heterocycles. The molecule has 5 heteroatoms. The molecule has 1 aromatic heterocycles. The van der Waals surface area contributed by atoms with E-state index in [1.165, 1.54) is 0 Å². The Morgan fingerprint density at radius 1 is 1.40 bits per heavy atom. The number of hydrogen-bond donors (Lipinski definition) is 2. The lowest BCUT2D eigenvalue weighted by molar-refractivity contribution is 0.0899. The second kappa shape index (κ2) is 6.29. The summed E-state index contributed by atoms with van der Waals surface area (Å²) in [5.41, 5.74) is 0.756. The number of hydrogen-bond acceptors (Lipinski definition) is 3. The van der Waals surface area contributed by atoms with Crippen molar-refractivity contribution in [1.82, 2.24) is 10.6 Å². The van der Waals surface area contributed by atoms with Crippen LogP contribution in [0.15, 0.2) is 34.7 Å². The number of nitrogens with one attached hydrogen (secondary N) is 2. The Balaban J connectivity index is 0.00000147. The summed E-state index contributed by atoms with van der Waals surface area (Å²) in [4.78, 5) is 12.2. The van der Waals surface area contributed by atoms with Crippen LogP contribution in [-0.2, 0) is 0 Å². The van der Waals surface area contributed by atoms with Gasteiger partial charge in [-0.15, -0.1) is 12.4 Å². The minimum Gasteiger partial charge on any atom is -0.451 e. The van der Waals surface area contributed by atoms with E-state index < -0.39 is 0 Å². The Kier molecular flexibility index (Phi) is 4.68. The Morgan fingerprint density at radius 3 is 2.95 bits per heavy atom. The van der Waals surface area contributed by atoms with Crippen LogP contribution in [0.25, 0.3) is 11.0 Å². The molecule has 20 heavy (non-hydrogen) atoms. The van der Waals surface area contributed by atoms with Gasteiger partial charge >= 0.3 is 0 Å². The number of carbonyl (C=O) groups excluding carboxylic acids is 1. The van der Waals surface area contributed by atoms with Crippen LogP contribution in [0.1, 0.15) is 30.3 Å². The zero-order chi connectivity index (χ0) is 13.2. The maximum atomic E-state index is 12.2. The van der Waals surface area contributed by atoms with E-state index in [0.717, 1.165) is 30.4 Å². The third-order valence-corrected chi connectivity index (χ3v) is 3.61. The summed E-state index contributed by atoms with van der Waals surface area (Å²) >= 11 is 0. The lowest BCUT2D eigenvalue weighted by Crippen LogP contribution is -2.46. The lowest BCUT2D eigenvalue weighted by atomic mass is 10.0. The fourth-order valence-electron chi connectivity index (χ4n) is 2.61. The normalized spacial score (nSPS) is 22.2. The average molecular weight is 295 g/mol. The zero-order valence-corrected chi connectivity index (χ0v) is 12.2. The van der Waals surface area contributed by atoms with Crippen LogP contribution in [-0.4, -0.2) is 24.5 Å². The van der Waals surface area contributed by atoms with Crippen molar-refractivity contribution in [3.63, 3.8) is 0 Å². The molecule has 2 atom stereocenters. The van der Waals surface area contributed by atoms with Crippen LogP contribution >= 0.6 is 12.4 Å². The molecule has 1 fully saturated rings. The first-order chi connectivity index (χ1) is 9.22. The van der Waals surface area contributed by atoms with Crippen LogP contribution in [0.5, 0.6) is 0 Å². The number of para-hydroxylation sites is 1. The van der Waals surface area contributed by atoms with Crippen molar-refractivity contribution in [3.8, 4) is 0 Å². The topological polar surface area (TPSA) is 54.3 Å². The van der Waals surface area contributed by atoms with Gasteiger partial charge in [-0.1, -0.05) is 18.2 Å². The first kappa shape index (κ1) is 14.9. The van der Waals surface area contributed by atoms with E-state index in [1.54, 1.807) is 6.07 Å². The summed E-state index contributed by atoms with van der Waals surface area (Å²) in [6, 6.07) is 10.2. The molecule has 4 nitrogen and oxygen atoms in total. The van der Waals surface area contributed by atoms with Crippen molar-refractivity contribution in [3.05, 3.63) is 36.1 Å². The summed E-state index contributed by atoms with van der Waals surface area (Å²) < 4.78 is 5.57. The number of rotatable bonds is 2. The minimum absolute atomic E-state index is 0. The molecular weight excluding hydrogens is 276 g/mol. The van der Waals surface area contributed by atoms with Gasteiger partial charge in [0, 0.05) is 17.5 Å². The predicted octanol–water partition coefficient (Wildman–Crippen LogP) is 2.72. The number of amides is 1. The van der Waals surface area contributed by atoms with Gasteiger partial charge in [-0.05, 0) is 38.4 Å². The van der Waals surface area contributed by atoms with E-state index in [4.69, 9.17) is 4.42 Å². The molecule has 2 N–H and O–H groups in total. The predicted molar refractivity (Wildman–Crippen MR) is 81.4 cm³/mol. The Morgan fingerprint density at radius 2 is 2.20 bits per heavy atom. The number of halogens is 1. The molecular formula is C15H19ClN2O2. The van der Waals surface area contributed by atoms with Gasteiger partial charge in [0.15, 0.2) is 5.76 Å². The molecule has 0 spiro atoms. The maximum absolute atomic E-state index is 12.2. The quantitative estimate of drug-likeness (QED) is 0.895. The average Bonchev–Trinajstić information content (AvgIpc) is 2.82. The fourth-order valence-corrected chi connectivity index (χ4v) is 2.61. The number of carbonyl (C=O) groups is 1. The molecule has 1 saturated heterocycles. The summed E-state index contributed by atoms with van der Waals surface area (Å²) in [5.74, 6) is 0.280. The molecule has 1 amide bonds. The van der Waals surface area contributed by atoms with E-state index >= 15 is 0 Å². The van der Waals surface area contributed by atoms with Gasteiger partial charge in [-0.2, -0.15) is 0 Å².